The molecule has 0 atom stereocenters. The molecule has 0 bridgehead atoms. The van der Waals surface area contributed by atoms with Gasteiger partial charge in [0.1, 0.15) is 0 Å². The van der Waals surface area contributed by atoms with Gasteiger partial charge < -0.3 is 10.4 Å². The lowest BCUT2D eigenvalue weighted by Gasteiger charge is -2.27. The van der Waals surface area contributed by atoms with E-state index in [0.29, 0.717) is 12.5 Å². The number of carbonyl (C=O) groups is 1. The minimum atomic E-state index is -0.955. The fourth-order valence-electron chi connectivity index (χ4n) is 1.82. The topological polar surface area (TPSA) is 98.1 Å². The zero-order valence-electron chi connectivity index (χ0n) is 7.89. The summed E-state index contributed by atoms with van der Waals surface area (Å²) < 4.78 is 0. The summed E-state index contributed by atoms with van der Waals surface area (Å²) in [6.07, 6.45) is 2.60. The number of hydrogen-bond donors (Lipinski definition) is 2. The molecular formula is C8H14N4O2. The van der Waals surface area contributed by atoms with Gasteiger partial charge >= 0.3 is 6.09 Å². The molecule has 2 N–H and O–H groups in total. The van der Waals surface area contributed by atoms with Crippen molar-refractivity contribution in [2.24, 2.45) is 11.0 Å². The van der Waals surface area contributed by atoms with Crippen LogP contribution < -0.4 is 5.32 Å². The van der Waals surface area contributed by atoms with Crippen molar-refractivity contribution >= 4 is 6.09 Å². The van der Waals surface area contributed by atoms with Crippen molar-refractivity contribution < 1.29 is 9.90 Å². The van der Waals surface area contributed by atoms with Crippen LogP contribution in [0, 0.1) is 5.92 Å². The van der Waals surface area contributed by atoms with E-state index in [1.807, 2.05) is 0 Å². The summed E-state index contributed by atoms with van der Waals surface area (Å²) in [5.74, 6) is 0.428. The molecule has 0 radical (unpaired) electrons. The molecule has 0 aliphatic heterocycles. The van der Waals surface area contributed by atoms with Gasteiger partial charge in [0.2, 0.25) is 0 Å². The van der Waals surface area contributed by atoms with Gasteiger partial charge in [0, 0.05) is 17.5 Å². The number of carboxylic acid groups (broad SMARTS) is 1. The van der Waals surface area contributed by atoms with E-state index in [1.165, 1.54) is 0 Å². The molecule has 0 aromatic carbocycles. The highest BCUT2D eigenvalue weighted by molar-refractivity contribution is 5.64. The molecule has 0 aromatic rings. The summed E-state index contributed by atoms with van der Waals surface area (Å²) in [7, 11) is 0. The van der Waals surface area contributed by atoms with Gasteiger partial charge in [0.05, 0.1) is 0 Å². The van der Waals surface area contributed by atoms with E-state index < -0.39 is 6.09 Å². The predicted molar refractivity (Wildman–Crippen MR) is 50.9 cm³/mol. The van der Waals surface area contributed by atoms with Crippen molar-refractivity contribution in [3.05, 3.63) is 10.4 Å². The summed E-state index contributed by atoms with van der Waals surface area (Å²) in [6, 6.07) is 0.0785. The number of nitrogens with one attached hydrogen (secondary N) is 1. The second-order valence-electron chi connectivity index (χ2n) is 3.58. The molecule has 6 heteroatoms. The van der Waals surface area contributed by atoms with Crippen molar-refractivity contribution in [2.45, 2.75) is 31.7 Å². The van der Waals surface area contributed by atoms with Crippen LogP contribution in [0.4, 0.5) is 4.79 Å². The molecule has 0 spiro atoms. The Labute approximate surface area is 81.9 Å². The highest BCUT2D eigenvalue weighted by Gasteiger charge is 2.21. The first kappa shape index (κ1) is 10.7. The first-order valence-corrected chi connectivity index (χ1v) is 4.72. The van der Waals surface area contributed by atoms with Crippen molar-refractivity contribution in [1.82, 2.24) is 5.32 Å². The number of hydrogen-bond acceptors (Lipinski definition) is 2. The highest BCUT2D eigenvalue weighted by Crippen LogP contribution is 2.24. The Bertz CT molecular complexity index is 230. The minimum Gasteiger partial charge on any atom is -0.465 e. The molecule has 1 saturated carbocycles. The molecule has 1 aliphatic rings. The fraction of sp³-hybridized carbons (Fsp3) is 0.875. The molecule has 0 aromatic heterocycles. The Morgan fingerprint density at radius 1 is 1.50 bits per heavy atom. The van der Waals surface area contributed by atoms with Gasteiger partial charge in [-0.15, -0.1) is 0 Å². The largest absolute Gasteiger partial charge is 0.465 e. The fourth-order valence-corrected chi connectivity index (χ4v) is 1.82. The third kappa shape index (κ3) is 3.53. The molecule has 78 valence electrons. The Balaban J connectivity index is 2.23. The number of rotatable bonds is 3. The summed E-state index contributed by atoms with van der Waals surface area (Å²) in [4.78, 5) is 13.1. The molecule has 0 heterocycles. The van der Waals surface area contributed by atoms with Gasteiger partial charge in [-0.1, -0.05) is 5.11 Å². The first-order valence-electron chi connectivity index (χ1n) is 4.72. The van der Waals surface area contributed by atoms with Crippen LogP contribution in [0.1, 0.15) is 25.7 Å². The lowest BCUT2D eigenvalue weighted by molar-refractivity contribution is 0.182. The molecule has 0 saturated heterocycles. The molecule has 1 amide bonds. The van der Waals surface area contributed by atoms with E-state index in [4.69, 9.17) is 10.6 Å². The van der Waals surface area contributed by atoms with Crippen LogP contribution >= 0.6 is 0 Å². The van der Waals surface area contributed by atoms with Crippen LogP contribution in [0.25, 0.3) is 10.4 Å². The van der Waals surface area contributed by atoms with Gasteiger partial charge in [-0.2, -0.15) is 0 Å². The monoisotopic (exact) mass is 198 g/mol. The van der Waals surface area contributed by atoms with E-state index in [0.717, 1.165) is 25.7 Å². The molecule has 14 heavy (non-hydrogen) atoms. The lowest BCUT2D eigenvalue weighted by atomic mass is 9.86. The SMILES string of the molecule is [N-]=[N+]=NC[C@H]1CC[C@H](NC(=O)O)CC1. The Morgan fingerprint density at radius 3 is 2.64 bits per heavy atom. The van der Waals surface area contributed by atoms with Gasteiger partial charge in [-0.05, 0) is 37.1 Å². The summed E-state index contributed by atoms with van der Waals surface area (Å²) >= 11 is 0. The molecule has 1 rings (SSSR count). The summed E-state index contributed by atoms with van der Waals surface area (Å²) in [5, 5.41) is 14.5. The Morgan fingerprint density at radius 2 is 2.14 bits per heavy atom. The number of nitrogens with zero attached hydrogens (tertiary/aromatic N) is 3. The molecule has 6 nitrogen and oxygen atoms in total. The van der Waals surface area contributed by atoms with Gasteiger partial charge in [-0.25, -0.2) is 4.79 Å². The third-order valence-corrected chi connectivity index (χ3v) is 2.58. The molecule has 0 unspecified atom stereocenters. The van der Waals surface area contributed by atoms with Crippen LogP contribution in [0.5, 0.6) is 0 Å². The standard InChI is InChI=1S/C8H14N4O2/c9-12-10-5-6-1-3-7(4-2-6)11-8(13)14/h6-7,11H,1-5H2,(H,13,14)/t6-,7-. The molecule has 1 fully saturated rings. The lowest BCUT2D eigenvalue weighted by Crippen LogP contribution is -2.36. The summed E-state index contributed by atoms with van der Waals surface area (Å²) in [5.41, 5.74) is 8.14. The predicted octanol–water partition coefficient (Wildman–Crippen LogP) is 2.12. The van der Waals surface area contributed by atoms with Crippen molar-refractivity contribution in [3.63, 3.8) is 0 Å². The maximum absolute atomic E-state index is 10.3. The zero-order valence-corrected chi connectivity index (χ0v) is 7.89. The normalized spacial score (nSPS) is 26.3. The number of azide groups is 1. The Hall–Kier alpha value is -1.42. The molecular weight excluding hydrogens is 184 g/mol. The maximum atomic E-state index is 10.3. The zero-order chi connectivity index (χ0) is 10.4. The van der Waals surface area contributed by atoms with Crippen LogP contribution in [-0.4, -0.2) is 23.8 Å². The average Bonchev–Trinajstić information content (AvgIpc) is 2.16. The van der Waals surface area contributed by atoms with Gasteiger partial charge in [0.15, 0.2) is 0 Å². The minimum absolute atomic E-state index is 0.0785. The van der Waals surface area contributed by atoms with E-state index in [9.17, 15) is 4.79 Å². The smallest absolute Gasteiger partial charge is 0.404 e. The van der Waals surface area contributed by atoms with E-state index >= 15 is 0 Å². The quantitative estimate of drug-likeness (QED) is 0.412. The third-order valence-electron chi connectivity index (χ3n) is 2.58. The van der Waals surface area contributed by atoms with Gasteiger partial charge in [-0.3, -0.25) is 0 Å². The van der Waals surface area contributed by atoms with E-state index in [-0.39, 0.29) is 6.04 Å². The average molecular weight is 198 g/mol. The van der Waals surface area contributed by atoms with Crippen molar-refractivity contribution in [1.29, 1.82) is 0 Å². The molecule has 1 aliphatic carbocycles. The summed E-state index contributed by atoms with van der Waals surface area (Å²) in [6.45, 7) is 0.538. The van der Waals surface area contributed by atoms with Crippen LogP contribution in [0.3, 0.4) is 0 Å². The second-order valence-corrected chi connectivity index (χ2v) is 3.58. The number of amides is 1. The maximum Gasteiger partial charge on any atom is 0.404 e. The first-order chi connectivity index (χ1) is 6.72. The second kappa shape index (κ2) is 5.34. The van der Waals surface area contributed by atoms with Crippen LogP contribution in [0.15, 0.2) is 5.11 Å². The van der Waals surface area contributed by atoms with Crippen LogP contribution in [0.2, 0.25) is 0 Å². The highest BCUT2D eigenvalue weighted by atomic mass is 16.4. The van der Waals surface area contributed by atoms with Crippen molar-refractivity contribution in [3.8, 4) is 0 Å². The van der Waals surface area contributed by atoms with E-state index in [2.05, 4.69) is 15.3 Å². The van der Waals surface area contributed by atoms with Crippen molar-refractivity contribution in [2.75, 3.05) is 6.54 Å². The van der Waals surface area contributed by atoms with E-state index in [1.54, 1.807) is 0 Å². The van der Waals surface area contributed by atoms with Crippen LogP contribution in [-0.2, 0) is 0 Å². The van der Waals surface area contributed by atoms with Gasteiger partial charge in [0.25, 0.3) is 0 Å². The Kier molecular flexibility index (Phi) is 4.07.